The van der Waals surface area contributed by atoms with Crippen molar-refractivity contribution in [2.45, 2.75) is 39.9 Å². The third-order valence-corrected chi connectivity index (χ3v) is 5.19. The van der Waals surface area contributed by atoms with Crippen LogP contribution < -0.4 is 0 Å². The zero-order valence-corrected chi connectivity index (χ0v) is 16.3. The van der Waals surface area contributed by atoms with E-state index < -0.39 is 8.32 Å². The Morgan fingerprint density at radius 1 is 1.08 bits per heavy atom. The predicted octanol–water partition coefficient (Wildman–Crippen LogP) is 5.92. The monoisotopic (exact) mass is 338 g/mol. The second-order valence-electron chi connectivity index (χ2n) is 7.52. The van der Waals surface area contributed by atoms with Gasteiger partial charge in [-0.05, 0) is 86.0 Å². The van der Waals surface area contributed by atoms with Gasteiger partial charge in [-0.3, -0.25) is 0 Å². The second kappa shape index (κ2) is 6.58. The van der Waals surface area contributed by atoms with Crippen molar-refractivity contribution < 1.29 is 9.16 Å². The molecule has 0 saturated heterocycles. The molecule has 0 radical (unpaired) electrons. The van der Waals surface area contributed by atoms with E-state index in [0.29, 0.717) is 6.79 Å². The van der Waals surface area contributed by atoms with Gasteiger partial charge in [0.25, 0.3) is 0 Å². The summed E-state index contributed by atoms with van der Waals surface area (Å²) in [4.78, 5) is 0. The summed E-state index contributed by atoms with van der Waals surface area (Å²) >= 11 is 0. The van der Waals surface area contributed by atoms with E-state index in [-0.39, 0.29) is 0 Å². The van der Waals surface area contributed by atoms with Crippen LogP contribution >= 0.6 is 0 Å². The predicted molar refractivity (Wildman–Crippen MR) is 104 cm³/mol. The molecule has 2 aliphatic rings. The Morgan fingerprint density at radius 3 is 2.54 bits per heavy atom. The van der Waals surface area contributed by atoms with Crippen molar-refractivity contribution in [2.24, 2.45) is 0 Å². The zero-order valence-electron chi connectivity index (χ0n) is 15.3. The fraction of sp³-hybridized carbons (Fsp3) is 0.333. The fourth-order valence-corrected chi connectivity index (χ4v) is 3.49. The summed E-state index contributed by atoms with van der Waals surface area (Å²) in [5.41, 5.74) is 8.02. The number of benzene rings is 1. The van der Waals surface area contributed by atoms with Crippen molar-refractivity contribution in [2.75, 3.05) is 6.79 Å². The van der Waals surface area contributed by atoms with Crippen LogP contribution in [0, 0.1) is 0 Å². The van der Waals surface area contributed by atoms with E-state index in [9.17, 15) is 0 Å². The first-order valence-corrected chi connectivity index (χ1v) is 11.9. The van der Waals surface area contributed by atoms with Gasteiger partial charge in [0.05, 0.1) is 0 Å². The second-order valence-corrected chi connectivity index (χ2v) is 12.0. The number of ether oxygens (including phenoxy) is 1. The van der Waals surface area contributed by atoms with Crippen LogP contribution in [0.15, 0.2) is 58.9 Å². The number of fused-ring (bicyclic) bond motifs is 1. The van der Waals surface area contributed by atoms with E-state index in [1.54, 1.807) is 0 Å². The van der Waals surface area contributed by atoms with Crippen molar-refractivity contribution in [3.63, 3.8) is 0 Å². The molecule has 0 heterocycles. The van der Waals surface area contributed by atoms with Crippen LogP contribution in [0.2, 0.25) is 19.6 Å². The molecule has 0 aromatic heterocycles. The van der Waals surface area contributed by atoms with Gasteiger partial charge in [-0.2, -0.15) is 0 Å². The van der Waals surface area contributed by atoms with Gasteiger partial charge >= 0.3 is 0 Å². The molecular weight excluding hydrogens is 312 g/mol. The van der Waals surface area contributed by atoms with Crippen LogP contribution in [-0.4, -0.2) is 15.1 Å². The molecule has 2 nitrogen and oxygen atoms in total. The van der Waals surface area contributed by atoms with E-state index in [1.165, 1.54) is 33.4 Å². The van der Waals surface area contributed by atoms with Gasteiger partial charge in [0.2, 0.25) is 0 Å². The Hall–Kier alpha value is -1.84. The number of hydrogen-bond acceptors (Lipinski definition) is 2. The molecular formula is C21H26O2Si. The number of allylic oxidation sites excluding steroid dienone is 6. The molecule has 0 atom stereocenters. The van der Waals surface area contributed by atoms with Gasteiger partial charge in [-0.15, -0.1) is 0 Å². The Labute approximate surface area is 146 Å². The normalized spacial score (nSPS) is 16.5. The Balaban J connectivity index is 1.77. The van der Waals surface area contributed by atoms with Crippen LogP contribution in [-0.2, 0) is 9.16 Å². The van der Waals surface area contributed by atoms with Crippen molar-refractivity contribution in [3.05, 3.63) is 70.0 Å². The maximum atomic E-state index is 5.80. The lowest BCUT2D eigenvalue weighted by Crippen LogP contribution is -2.26. The molecule has 0 fully saturated rings. The Morgan fingerprint density at radius 2 is 1.83 bits per heavy atom. The summed E-state index contributed by atoms with van der Waals surface area (Å²) in [5, 5.41) is 0. The Kier molecular flexibility index (Phi) is 4.66. The average Bonchev–Trinajstić information content (AvgIpc) is 3.09. The molecule has 24 heavy (non-hydrogen) atoms. The minimum atomic E-state index is -1.53. The summed E-state index contributed by atoms with van der Waals surface area (Å²) in [6, 6.07) is 8.61. The molecule has 1 aromatic rings. The minimum Gasteiger partial charge on any atom is -0.469 e. The van der Waals surface area contributed by atoms with Crippen LogP contribution in [0.4, 0.5) is 0 Å². The molecule has 0 N–H and O–H groups in total. The summed E-state index contributed by atoms with van der Waals surface area (Å²) in [6.45, 7) is 11.2. The van der Waals surface area contributed by atoms with E-state index in [4.69, 9.17) is 9.16 Å². The summed E-state index contributed by atoms with van der Waals surface area (Å²) < 4.78 is 11.6. The maximum absolute atomic E-state index is 5.80. The van der Waals surface area contributed by atoms with E-state index >= 15 is 0 Å². The van der Waals surface area contributed by atoms with Crippen molar-refractivity contribution in [3.8, 4) is 0 Å². The van der Waals surface area contributed by atoms with Crippen molar-refractivity contribution in [1.29, 1.82) is 0 Å². The molecule has 0 aliphatic heterocycles. The lowest BCUT2D eigenvalue weighted by Gasteiger charge is -2.17. The van der Waals surface area contributed by atoms with Crippen LogP contribution in [0.5, 0.6) is 0 Å². The van der Waals surface area contributed by atoms with Gasteiger partial charge in [0.1, 0.15) is 5.76 Å². The highest BCUT2D eigenvalue weighted by atomic mass is 28.4. The van der Waals surface area contributed by atoms with E-state index in [2.05, 4.69) is 76.0 Å². The molecule has 3 heteroatoms. The van der Waals surface area contributed by atoms with E-state index in [1.807, 2.05) is 0 Å². The van der Waals surface area contributed by atoms with Gasteiger partial charge in [-0.25, -0.2) is 0 Å². The third kappa shape index (κ3) is 3.63. The lowest BCUT2D eigenvalue weighted by atomic mass is 9.93. The smallest absolute Gasteiger partial charge is 0.188 e. The molecule has 3 rings (SSSR count). The van der Waals surface area contributed by atoms with E-state index in [0.717, 1.165) is 12.2 Å². The summed E-state index contributed by atoms with van der Waals surface area (Å²) in [5.74, 6) is 0.924. The molecule has 2 aliphatic carbocycles. The van der Waals surface area contributed by atoms with Crippen LogP contribution in [0.3, 0.4) is 0 Å². The molecule has 1 aromatic carbocycles. The SMILES string of the molecule is CC(C)=C1C(C2=CC(OCO[Si](C)(C)C)=CC2)=Cc2ccccc21. The largest absolute Gasteiger partial charge is 0.469 e. The molecule has 0 spiro atoms. The third-order valence-electron chi connectivity index (χ3n) is 4.20. The first-order chi connectivity index (χ1) is 11.3. The fourth-order valence-electron chi connectivity index (χ4n) is 3.08. The first-order valence-electron chi connectivity index (χ1n) is 8.52. The summed E-state index contributed by atoms with van der Waals surface area (Å²) in [6.07, 6.45) is 7.53. The van der Waals surface area contributed by atoms with Gasteiger partial charge in [0.15, 0.2) is 15.1 Å². The number of rotatable bonds is 5. The molecule has 0 bridgehead atoms. The topological polar surface area (TPSA) is 18.5 Å². The maximum Gasteiger partial charge on any atom is 0.188 e. The van der Waals surface area contributed by atoms with Crippen LogP contribution in [0.25, 0.3) is 11.6 Å². The average molecular weight is 339 g/mol. The Bertz CT molecular complexity index is 769. The zero-order chi connectivity index (χ0) is 17.3. The quantitative estimate of drug-likeness (QED) is 0.490. The van der Waals surface area contributed by atoms with Gasteiger partial charge < -0.3 is 9.16 Å². The highest BCUT2D eigenvalue weighted by Gasteiger charge is 2.24. The summed E-state index contributed by atoms with van der Waals surface area (Å²) in [7, 11) is -1.53. The highest BCUT2D eigenvalue weighted by molar-refractivity contribution is 6.69. The van der Waals surface area contributed by atoms with Crippen LogP contribution in [0.1, 0.15) is 31.4 Å². The van der Waals surface area contributed by atoms with Crippen molar-refractivity contribution in [1.82, 2.24) is 0 Å². The minimum absolute atomic E-state index is 0.347. The first kappa shape index (κ1) is 17.0. The number of hydrogen-bond donors (Lipinski definition) is 0. The molecule has 126 valence electrons. The molecule has 0 amide bonds. The van der Waals surface area contributed by atoms with Crippen molar-refractivity contribution >= 4 is 20.0 Å². The molecule has 0 saturated carbocycles. The molecule has 0 unspecified atom stereocenters. The highest BCUT2D eigenvalue weighted by Crippen LogP contribution is 2.43. The lowest BCUT2D eigenvalue weighted by molar-refractivity contribution is 0.0619. The van der Waals surface area contributed by atoms with Gasteiger partial charge in [-0.1, -0.05) is 29.8 Å². The van der Waals surface area contributed by atoms with Gasteiger partial charge in [0, 0.05) is 0 Å². The standard InChI is InChI=1S/C21H26O2Si/c1-15(2)21-19-9-7-6-8-16(19)13-20(21)17-10-11-18(12-17)22-14-23-24(3,4)5/h6-9,11-13H,10,14H2,1-5H3.